The number of aromatic nitrogens is 1. The number of carbonyl (C=O) groups is 2. The highest BCUT2D eigenvalue weighted by Crippen LogP contribution is 2.25. The smallest absolute Gasteiger partial charge is 0.269 e. The molecule has 6 nitrogen and oxygen atoms in total. The van der Waals surface area contributed by atoms with Gasteiger partial charge in [-0.3, -0.25) is 9.59 Å². The van der Waals surface area contributed by atoms with Crippen LogP contribution in [0.5, 0.6) is 0 Å². The molecule has 0 saturated carbocycles. The van der Waals surface area contributed by atoms with Gasteiger partial charge in [-0.15, -0.1) is 11.3 Å². The van der Waals surface area contributed by atoms with Crippen LogP contribution in [0, 0.1) is 5.92 Å². The van der Waals surface area contributed by atoms with Crippen LogP contribution in [-0.4, -0.2) is 23.2 Å². The lowest BCUT2D eigenvalue weighted by Crippen LogP contribution is -2.31. The van der Waals surface area contributed by atoms with Gasteiger partial charge < -0.3 is 9.84 Å². The second-order valence-electron chi connectivity index (χ2n) is 4.38. The fraction of sp³-hybridized carbons (Fsp3) is 0.143. The van der Waals surface area contributed by atoms with Crippen molar-refractivity contribution in [1.82, 2.24) is 10.5 Å². The van der Waals surface area contributed by atoms with Crippen LogP contribution >= 0.6 is 11.3 Å². The topological polar surface area (TPSA) is 84.6 Å². The second-order valence-corrected chi connectivity index (χ2v) is 5.33. The number of thiophene rings is 1. The number of hydrogen-bond donors (Lipinski definition) is 1. The van der Waals surface area contributed by atoms with Gasteiger partial charge in [0, 0.05) is 18.4 Å². The van der Waals surface area contributed by atoms with Crippen LogP contribution in [-0.2, 0) is 16.1 Å². The summed E-state index contributed by atoms with van der Waals surface area (Å²) < 4.78 is 5.23. The highest BCUT2D eigenvalue weighted by molar-refractivity contribution is 7.13. The van der Waals surface area contributed by atoms with Crippen LogP contribution in [0.2, 0.25) is 0 Å². The van der Waals surface area contributed by atoms with E-state index in [2.05, 4.69) is 15.5 Å². The summed E-state index contributed by atoms with van der Waals surface area (Å²) in [6.07, 6.45) is 4.14. The van der Waals surface area contributed by atoms with Gasteiger partial charge in [0.2, 0.25) is 5.91 Å². The molecule has 21 heavy (non-hydrogen) atoms. The van der Waals surface area contributed by atoms with Crippen LogP contribution in [0.3, 0.4) is 0 Å². The zero-order valence-corrected chi connectivity index (χ0v) is 11.7. The molecule has 0 radical (unpaired) electrons. The minimum atomic E-state index is -0.522. The maximum atomic E-state index is 11.9. The van der Waals surface area contributed by atoms with E-state index in [1.807, 2.05) is 17.5 Å². The fourth-order valence-corrected chi connectivity index (χ4v) is 2.49. The SMILES string of the molecule is O=C1C=CC(C(=O)NCc2cc(-c3cccs3)on2)C=N1. The van der Waals surface area contributed by atoms with Crippen LogP contribution in [0.25, 0.3) is 10.6 Å². The van der Waals surface area contributed by atoms with Gasteiger partial charge in [-0.1, -0.05) is 17.3 Å². The molecule has 0 fully saturated rings. The Bertz CT molecular complexity index is 700. The van der Waals surface area contributed by atoms with E-state index in [9.17, 15) is 9.59 Å². The van der Waals surface area contributed by atoms with E-state index in [0.717, 1.165) is 4.88 Å². The zero-order valence-electron chi connectivity index (χ0n) is 10.9. The molecule has 1 N–H and O–H groups in total. The predicted molar refractivity (Wildman–Crippen MR) is 77.8 cm³/mol. The molecule has 3 rings (SSSR count). The highest BCUT2D eigenvalue weighted by Gasteiger charge is 2.17. The minimum Gasteiger partial charge on any atom is -0.355 e. The Morgan fingerprint density at radius 3 is 3.10 bits per heavy atom. The largest absolute Gasteiger partial charge is 0.355 e. The van der Waals surface area contributed by atoms with Crippen molar-refractivity contribution in [1.29, 1.82) is 0 Å². The molecule has 106 valence electrons. The molecular formula is C14H11N3O3S. The van der Waals surface area contributed by atoms with Crippen molar-refractivity contribution in [3.05, 3.63) is 41.4 Å². The van der Waals surface area contributed by atoms with E-state index in [-0.39, 0.29) is 18.4 Å². The van der Waals surface area contributed by atoms with Crippen LogP contribution in [0.1, 0.15) is 5.69 Å². The summed E-state index contributed by atoms with van der Waals surface area (Å²) in [5.74, 6) is -0.426. The first kappa shape index (κ1) is 13.4. The lowest BCUT2D eigenvalue weighted by molar-refractivity contribution is -0.122. The highest BCUT2D eigenvalue weighted by atomic mass is 32.1. The average Bonchev–Trinajstić information content (AvgIpc) is 3.16. The Balaban J connectivity index is 1.58. The summed E-state index contributed by atoms with van der Waals surface area (Å²) in [6, 6.07) is 5.66. The monoisotopic (exact) mass is 301 g/mol. The van der Waals surface area contributed by atoms with Gasteiger partial charge in [0.1, 0.15) is 5.69 Å². The number of nitrogens with zero attached hydrogens (tertiary/aromatic N) is 2. The van der Waals surface area contributed by atoms with Crippen LogP contribution in [0.15, 0.2) is 45.2 Å². The van der Waals surface area contributed by atoms with Gasteiger partial charge in [0.15, 0.2) is 5.76 Å². The number of nitrogens with one attached hydrogen (secondary N) is 1. The van der Waals surface area contributed by atoms with Gasteiger partial charge >= 0.3 is 0 Å². The van der Waals surface area contributed by atoms with Crippen molar-refractivity contribution < 1.29 is 14.1 Å². The summed E-state index contributed by atoms with van der Waals surface area (Å²) in [5, 5.41) is 8.60. The molecule has 1 aliphatic rings. The van der Waals surface area contributed by atoms with E-state index in [1.54, 1.807) is 17.4 Å². The summed E-state index contributed by atoms with van der Waals surface area (Å²) in [7, 11) is 0. The molecule has 3 heterocycles. The number of amides is 2. The summed E-state index contributed by atoms with van der Waals surface area (Å²) in [5.41, 5.74) is 0.638. The average molecular weight is 301 g/mol. The van der Waals surface area contributed by atoms with Gasteiger partial charge in [-0.25, -0.2) is 4.99 Å². The standard InChI is InChI=1S/C14H11N3O3S/c18-13-4-3-9(7-15-13)14(19)16-8-10-6-11(20-17-10)12-2-1-5-21-12/h1-7,9H,8H2,(H,16,19). The minimum absolute atomic E-state index is 0.233. The number of carbonyl (C=O) groups excluding carboxylic acids is 2. The second kappa shape index (κ2) is 5.84. The Morgan fingerprint density at radius 2 is 2.38 bits per heavy atom. The van der Waals surface area contributed by atoms with Crippen molar-refractivity contribution >= 4 is 29.4 Å². The summed E-state index contributed by atoms with van der Waals surface area (Å²) >= 11 is 1.56. The van der Waals surface area contributed by atoms with Crippen molar-refractivity contribution in [3.63, 3.8) is 0 Å². The number of dihydropyridines is 1. The fourth-order valence-electron chi connectivity index (χ4n) is 1.81. The Hall–Kier alpha value is -2.54. The van der Waals surface area contributed by atoms with E-state index < -0.39 is 5.92 Å². The first-order valence-electron chi connectivity index (χ1n) is 6.26. The molecule has 0 spiro atoms. The van der Waals surface area contributed by atoms with Crippen molar-refractivity contribution in [3.8, 4) is 10.6 Å². The molecule has 0 bridgehead atoms. The maximum Gasteiger partial charge on any atom is 0.269 e. The van der Waals surface area contributed by atoms with Gasteiger partial charge in [0.25, 0.3) is 5.91 Å². The molecule has 2 amide bonds. The first-order valence-corrected chi connectivity index (χ1v) is 7.14. The van der Waals surface area contributed by atoms with E-state index in [1.165, 1.54) is 18.4 Å². The third-order valence-corrected chi connectivity index (χ3v) is 3.76. The van der Waals surface area contributed by atoms with E-state index >= 15 is 0 Å². The van der Waals surface area contributed by atoms with Crippen molar-refractivity contribution in [2.45, 2.75) is 6.54 Å². The number of rotatable bonds is 4. The Morgan fingerprint density at radius 1 is 1.48 bits per heavy atom. The van der Waals surface area contributed by atoms with Crippen LogP contribution in [0.4, 0.5) is 0 Å². The molecule has 1 unspecified atom stereocenters. The van der Waals surface area contributed by atoms with Crippen molar-refractivity contribution in [2.24, 2.45) is 10.9 Å². The molecule has 2 aromatic rings. The van der Waals surface area contributed by atoms with E-state index in [0.29, 0.717) is 11.5 Å². The van der Waals surface area contributed by atoms with Gasteiger partial charge in [0.05, 0.1) is 17.3 Å². The number of aliphatic imine (C=N–C) groups is 1. The lowest BCUT2D eigenvalue weighted by Gasteiger charge is -2.09. The molecule has 7 heteroatoms. The zero-order chi connectivity index (χ0) is 14.7. The van der Waals surface area contributed by atoms with E-state index in [4.69, 9.17) is 4.52 Å². The molecule has 0 aromatic carbocycles. The summed E-state index contributed by atoms with van der Waals surface area (Å²) in [4.78, 5) is 27.3. The first-order chi connectivity index (χ1) is 10.2. The lowest BCUT2D eigenvalue weighted by atomic mass is 10.1. The quantitative estimate of drug-likeness (QED) is 0.933. The normalized spacial score (nSPS) is 17.1. The van der Waals surface area contributed by atoms with Crippen molar-refractivity contribution in [2.75, 3.05) is 0 Å². The molecule has 1 atom stereocenters. The third-order valence-electron chi connectivity index (χ3n) is 2.88. The molecule has 1 aliphatic heterocycles. The predicted octanol–water partition coefficient (Wildman–Crippen LogP) is 1.80. The Labute approximate surface area is 124 Å². The molecular weight excluding hydrogens is 290 g/mol. The van der Waals surface area contributed by atoms with Gasteiger partial charge in [-0.2, -0.15) is 0 Å². The molecule has 0 aliphatic carbocycles. The third kappa shape index (κ3) is 3.14. The molecule has 0 saturated heterocycles. The van der Waals surface area contributed by atoms with Crippen LogP contribution < -0.4 is 5.32 Å². The molecule has 2 aromatic heterocycles. The number of hydrogen-bond acceptors (Lipinski definition) is 5. The maximum absolute atomic E-state index is 11.9. The Kier molecular flexibility index (Phi) is 3.74. The summed E-state index contributed by atoms with van der Waals surface area (Å²) in [6.45, 7) is 0.264. The van der Waals surface area contributed by atoms with Gasteiger partial charge in [-0.05, 0) is 11.4 Å².